The molecule has 0 spiro atoms. The number of alkyl halides is 3. The van der Waals surface area contributed by atoms with Crippen molar-refractivity contribution in [3.63, 3.8) is 0 Å². The van der Waals surface area contributed by atoms with Crippen LogP contribution in [-0.2, 0) is 12.6 Å². The first-order valence-corrected chi connectivity index (χ1v) is 12.5. The van der Waals surface area contributed by atoms with E-state index in [2.05, 4.69) is 15.1 Å². The number of amides is 1. The molecule has 0 fully saturated rings. The van der Waals surface area contributed by atoms with Crippen LogP contribution in [0, 0.1) is 0 Å². The maximum absolute atomic E-state index is 14.1. The van der Waals surface area contributed by atoms with Gasteiger partial charge in [0.1, 0.15) is 11.9 Å². The zero-order valence-electron chi connectivity index (χ0n) is 21.9. The molecule has 1 atom stereocenters. The van der Waals surface area contributed by atoms with Crippen LogP contribution in [0.3, 0.4) is 0 Å². The lowest BCUT2D eigenvalue weighted by atomic mass is 9.92. The fourth-order valence-corrected chi connectivity index (χ4v) is 4.69. The van der Waals surface area contributed by atoms with E-state index in [0.717, 1.165) is 0 Å². The summed E-state index contributed by atoms with van der Waals surface area (Å²) in [4.78, 5) is 34.0. The second-order valence-electron chi connectivity index (χ2n) is 9.28. The van der Waals surface area contributed by atoms with Crippen molar-refractivity contribution in [1.82, 2.24) is 19.7 Å². The third kappa shape index (κ3) is 5.55. The van der Waals surface area contributed by atoms with Gasteiger partial charge in [0.2, 0.25) is 5.88 Å². The Balaban J connectivity index is 1.53. The van der Waals surface area contributed by atoms with Gasteiger partial charge in [0.05, 0.1) is 36.4 Å². The number of carbonyl (C=O) groups is 2. The van der Waals surface area contributed by atoms with Crippen LogP contribution < -0.4 is 14.4 Å². The highest BCUT2D eigenvalue weighted by atomic mass is 19.4. The van der Waals surface area contributed by atoms with E-state index in [1.807, 2.05) is 0 Å². The normalized spacial score (nSPS) is 14.7. The number of benzene rings is 2. The van der Waals surface area contributed by atoms with Crippen molar-refractivity contribution >= 4 is 17.7 Å². The van der Waals surface area contributed by atoms with Crippen LogP contribution in [0.5, 0.6) is 11.6 Å². The minimum atomic E-state index is -4.71. The van der Waals surface area contributed by atoms with Crippen molar-refractivity contribution in [3.05, 3.63) is 89.0 Å². The summed E-state index contributed by atoms with van der Waals surface area (Å²) in [6.07, 6.45) is -1.74. The Kier molecular flexibility index (Phi) is 7.35. The zero-order chi connectivity index (χ0) is 29.3. The van der Waals surface area contributed by atoms with E-state index in [4.69, 9.17) is 14.6 Å². The maximum atomic E-state index is 14.1. The molecule has 0 aliphatic heterocycles. The van der Waals surface area contributed by atoms with Crippen LogP contribution in [0.2, 0.25) is 0 Å². The Morgan fingerprint density at radius 3 is 2.54 bits per heavy atom. The number of aromatic carboxylic acids is 1. The Morgan fingerprint density at radius 2 is 1.85 bits per heavy atom. The van der Waals surface area contributed by atoms with E-state index in [9.17, 15) is 22.8 Å². The van der Waals surface area contributed by atoms with E-state index < -0.39 is 29.9 Å². The Labute approximate surface area is 232 Å². The number of rotatable bonds is 7. The second kappa shape index (κ2) is 10.9. The van der Waals surface area contributed by atoms with Crippen molar-refractivity contribution in [2.45, 2.75) is 31.5 Å². The molecule has 1 aliphatic rings. The van der Waals surface area contributed by atoms with E-state index >= 15 is 0 Å². The summed E-state index contributed by atoms with van der Waals surface area (Å²) in [6, 6.07) is 11.7. The number of fused-ring (bicyclic) bond motifs is 1. The first-order valence-electron chi connectivity index (χ1n) is 12.5. The van der Waals surface area contributed by atoms with Gasteiger partial charge >= 0.3 is 12.1 Å². The third-order valence-electron chi connectivity index (χ3n) is 6.66. The zero-order valence-corrected chi connectivity index (χ0v) is 21.9. The first kappa shape index (κ1) is 27.6. The SMILES string of the molecule is COc1cncc(N(C)C(=O)c2cccc(-n3nc(C(F)(F)F)c4c3C(Oc3ccc(C(=O)O)cc3)CCC4)c2)n1. The molecule has 0 saturated carbocycles. The van der Waals surface area contributed by atoms with Gasteiger partial charge in [-0.2, -0.15) is 23.3 Å². The number of nitrogens with zero attached hydrogens (tertiary/aromatic N) is 5. The van der Waals surface area contributed by atoms with Crippen molar-refractivity contribution in [2.24, 2.45) is 0 Å². The van der Waals surface area contributed by atoms with Gasteiger partial charge < -0.3 is 14.6 Å². The Hall–Kier alpha value is -4.94. The molecule has 1 amide bonds. The fraction of sp³-hybridized carbons (Fsp3) is 0.250. The molecule has 212 valence electrons. The van der Waals surface area contributed by atoms with Gasteiger partial charge in [-0.15, -0.1) is 0 Å². The molecule has 2 heterocycles. The average Bonchev–Trinajstić information content (AvgIpc) is 3.38. The molecule has 1 aliphatic carbocycles. The number of ether oxygens (including phenoxy) is 2. The number of methoxy groups -OCH3 is 1. The molecule has 5 rings (SSSR count). The number of carbonyl (C=O) groups excluding carboxylic acids is 1. The molecule has 2 aromatic heterocycles. The molecule has 10 nitrogen and oxygen atoms in total. The van der Waals surface area contributed by atoms with Crippen molar-refractivity contribution < 1.29 is 37.3 Å². The van der Waals surface area contributed by atoms with Gasteiger partial charge in [-0.1, -0.05) is 6.07 Å². The Morgan fingerprint density at radius 1 is 1.10 bits per heavy atom. The summed E-state index contributed by atoms with van der Waals surface area (Å²) in [6.45, 7) is 0. The standard InChI is InChI=1S/C28H24F3N5O5/c1-35(22-14-32-15-23(33-22)40-2)26(37)17-5-3-6-18(13-17)36-24-20(25(34-36)28(29,30)31)7-4-8-21(24)41-19-11-9-16(10-12-19)27(38)39/h3,5-6,9-15,21H,4,7-8H2,1-2H3,(H,38,39). The predicted molar refractivity (Wildman–Crippen MR) is 140 cm³/mol. The van der Waals surface area contributed by atoms with E-state index in [1.165, 1.54) is 72.5 Å². The van der Waals surface area contributed by atoms with E-state index in [0.29, 0.717) is 18.6 Å². The fourth-order valence-electron chi connectivity index (χ4n) is 4.69. The summed E-state index contributed by atoms with van der Waals surface area (Å²) in [5.74, 6) is -0.847. The molecule has 41 heavy (non-hydrogen) atoms. The number of anilines is 1. The minimum absolute atomic E-state index is 0.0245. The van der Waals surface area contributed by atoms with Gasteiger partial charge in [-0.25, -0.2) is 9.48 Å². The molecule has 0 saturated heterocycles. The maximum Gasteiger partial charge on any atom is 0.435 e. The molecule has 4 aromatic rings. The van der Waals surface area contributed by atoms with Crippen molar-refractivity contribution in [2.75, 3.05) is 19.1 Å². The lowest BCUT2D eigenvalue weighted by Crippen LogP contribution is -2.27. The first-order chi connectivity index (χ1) is 19.6. The van der Waals surface area contributed by atoms with Gasteiger partial charge in [0, 0.05) is 18.2 Å². The lowest BCUT2D eigenvalue weighted by molar-refractivity contribution is -0.142. The number of carboxylic acid groups (broad SMARTS) is 1. The van der Waals surface area contributed by atoms with Crippen LogP contribution in [0.1, 0.15) is 56.6 Å². The number of halogens is 3. The average molecular weight is 568 g/mol. The monoisotopic (exact) mass is 567 g/mol. The van der Waals surface area contributed by atoms with Crippen molar-refractivity contribution in [3.8, 4) is 17.3 Å². The number of carboxylic acids is 1. The summed E-state index contributed by atoms with van der Waals surface area (Å²) < 4.78 is 54.6. The molecule has 0 radical (unpaired) electrons. The van der Waals surface area contributed by atoms with Gasteiger partial charge in [0.25, 0.3) is 5.91 Å². The van der Waals surface area contributed by atoms with Crippen LogP contribution >= 0.6 is 0 Å². The number of hydrogen-bond donors (Lipinski definition) is 1. The van der Waals surface area contributed by atoms with Crippen LogP contribution in [0.25, 0.3) is 5.69 Å². The smallest absolute Gasteiger partial charge is 0.435 e. The summed E-state index contributed by atoms with van der Waals surface area (Å²) in [5, 5.41) is 13.1. The Bertz CT molecular complexity index is 1600. The highest BCUT2D eigenvalue weighted by Crippen LogP contribution is 2.42. The minimum Gasteiger partial charge on any atom is -0.484 e. The van der Waals surface area contributed by atoms with E-state index in [1.54, 1.807) is 12.1 Å². The van der Waals surface area contributed by atoms with Crippen molar-refractivity contribution in [1.29, 1.82) is 0 Å². The molecule has 2 aromatic carbocycles. The molecule has 1 unspecified atom stereocenters. The van der Waals surface area contributed by atoms with Gasteiger partial charge in [0.15, 0.2) is 11.5 Å². The highest BCUT2D eigenvalue weighted by molar-refractivity contribution is 6.05. The molecule has 1 N–H and O–H groups in total. The van der Waals surface area contributed by atoms with E-state index in [-0.39, 0.29) is 46.2 Å². The molecule has 13 heteroatoms. The molecule has 0 bridgehead atoms. The highest BCUT2D eigenvalue weighted by Gasteiger charge is 2.42. The summed E-state index contributed by atoms with van der Waals surface area (Å²) >= 11 is 0. The largest absolute Gasteiger partial charge is 0.484 e. The van der Waals surface area contributed by atoms with Crippen LogP contribution in [0.4, 0.5) is 19.0 Å². The molecular weight excluding hydrogens is 543 g/mol. The van der Waals surface area contributed by atoms with Crippen LogP contribution in [-0.4, -0.2) is 50.9 Å². The van der Waals surface area contributed by atoms with Gasteiger partial charge in [-0.05, 0) is 61.7 Å². The predicted octanol–water partition coefficient (Wildman–Crippen LogP) is 5.12. The third-order valence-corrected chi connectivity index (χ3v) is 6.66. The number of hydrogen-bond acceptors (Lipinski definition) is 7. The van der Waals surface area contributed by atoms with Crippen LogP contribution in [0.15, 0.2) is 60.9 Å². The number of aromatic nitrogens is 4. The summed E-state index contributed by atoms with van der Waals surface area (Å²) in [7, 11) is 2.91. The topological polar surface area (TPSA) is 120 Å². The molecular formula is C28H24F3N5O5. The lowest BCUT2D eigenvalue weighted by Gasteiger charge is -2.26. The summed E-state index contributed by atoms with van der Waals surface area (Å²) in [5.41, 5.74) is -0.284. The quantitative estimate of drug-likeness (QED) is 0.327. The second-order valence-corrected chi connectivity index (χ2v) is 9.28. The van der Waals surface area contributed by atoms with Gasteiger partial charge in [-0.3, -0.25) is 14.7 Å².